The summed E-state index contributed by atoms with van der Waals surface area (Å²) >= 11 is 20.2. The van der Waals surface area contributed by atoms with E-state index in [-0.39, 0.29) is 16.6 Å². The molecule has 3 aromatic rings. The second-order valence-electron chi connectivity index (χ2n) is 5.32. The van der Waals surface area contributed by atoms with E-state index in [2.05, 4.69) is 26.6 Å². The highest BCUT2D eigenvalue weighted by Crippen LogP contribution is 2.31. The van der Waals surface area contributed by atoms with E-state index in [4.69, 9.17) is 39.8 Å². The van der Waals surface area contributed by atoms with Gasteiger partial charge in [0.05, 0.1) is 10.7 Å². The number of benzene rings is 2. The Kier molecular flexibility index (Phi) is 6.16. The van der Waals surface area contributed by atoms with Crippen LogP contribution in [0, 0.1) is 5.82 Å². The summed E-state index contributed by atoms with van der Waals surface area (Å²) in [7, 11) is 0. The van der Waals surface area contributed by atoms with E-state index in [1.165, 1.54) is 18.2 Å². The Hall–Kier alpha value is -1.93. The molecule has 3 rings (SSSR count). The second-order valence-corrected chi connectivity index (χ2v) is 7.49. The van der Waals surface area contributed by atoms with Gasteiger partial charge in [0.25, 0.3) is 5.91 Å². The third-order valence-corrected chi connectivity index (χ3v) is 4.68. The zero-order valence-corrected chi connectivity index (χ0v) is 17.3. The molecule has 1 amide bonds. The van der Waals surface area contributed by atoms with Gasteiger partial charge in [-0.1, -0.05) is 39.1 Å². The number of rotatable bonds is 3. The van der Waals surface area contributed by atoms with Gasteiger partial charge in [-0.25, -0.2) is 4.39 Å². The van der Waals surface area contributed by atoms with E-state index < -0.39 is 11.7 Å². The number of furan rings is 1. The first-order valence-electron chi connectivity index (χ1n) is 7.46. The maximum absolute atomic E-state index is 13.8. The van der Waals surface area contributed by atoms with Crippen LogP contribution in [0.25, 0.3) is 11.3 Å². The maximum Gasteiger partial charge on any atom is 0.293 e. The van der Waals surface area contributed by atoms with Crippen LogP contribution < -0.4 is 10.6 Å². The van der Waals surface area contributed by atoms with Gasteiger partial charge in [0.15, 0.2) is 10.9 Å². The minimum absolute atomic E-state index is 0.0245. The number of carbonyl (C=O) groups excluding carboxylic acids is 1. The fourth-order valence-corrected chi connectivity index (χ4v) is 3.24. The van der Waals surface area contributed by atoms with E-state index in [0.29, 0.717) is 25.8 Å². The Balaban J connectivity index is 1.69. The van der Waals surface area contributed by atoms with Crippen LogP contribution in [0.15, 0.2) is 57.4 Å². The second kappa shape index (κ2) is 8.39. The van der Waals surface area contributed by atoms with Gasteiger partial charge in [0, 0.05) is 15.1 Å². The number of amides is 1. The van der Waals surface area contributed by atoms with Crippen molar-refractivity contribution < 1.29 is 13.6 Å². The van der Waals surface area contributed by atoms with Gasteiger partial charge < -0.3 is 9.73 Å². The highest BCUT2D eigenvalue weighted by atomic mass is 79.9. The molecule has 0 spiro atoms. The largest absolute Gasteiger partial charge is 0.451 e. The SMILES string of the molecule is O=C(NC(=S)Nc1ccc(Br)cc1F)c1ccc(-c2ccc(Cl)cc2Cl)o1. The monoisotopic (exact) mass is 486 g/mol. The quantitative estimate of drug-likeness (QED) is 0.427. The minimum Gasteiger partial charge on any atom is -0.451 e. The van der Waals surface area contributed by atoms with Gasteiger partial charge >= 0.3 is 0 Å². The van der Waals surface area contributed by atoms with Gasteiger partial charge in [-0.15, -0.1) is 0 Å². The number of hydrogen-bond acceptors (Lipinski definition) is 3. The van der Waals surface area contributed by atoms with Crippen molar-refractivity contribution in [2.45, 2.75) is 0 Å². The molecule has 0 saturated carbocycles. The summed E-state index contributed by atoms with van der Waals surface area (Å²) in [6.07, 6.45) is 0. The molecule has 27 heavy (non-hydrogen) atoms. The highest BCUT2D eigenvalue weighted by Gasteiger charge is 2.16. The first-order chi connectivity index (χ1) is 12.8. The van der Waals surface area contributed by atoms with Crippen molar-refractivity contribution >= 4 is 68.1 Å². The fourth-order valence-electron chi connectivity index (χ4n) is 2.20. The Morgan fingerprint density at radius 1 is 1.11 bits per heavy atom. The van der Waals surface area contributed by atoms with Crippen molar-refractivity contribution in [3.8, 4) is 11.3 Å². The lowest BCUT2D eigenvalue weighted by molar-refractivity contribution is 0.0951. The normalized spacial score (nSPS) is 10.5. The molecule has 2 aromatic carbocycles. The number of thiocarbonyl (C=S) groups is 1. The van der Waals surface area contributed by atoms with Gasteiger partial charge in [0.2, 0.25) is 0 Å². The molecule has 0 unspecified atom stereocenters. The van der Waals surface area contributed by atoms with E-state index >= 15 is 0 Å². The zero-order chi connectivity index (χ0) is 19.6. The predicted octanol–water partition coefficient (Wildman–Crippen LogP) is 6.28. The summed E-state index contributed by atoms with van der Waals surface area (Å²) in [5, 5.41) is 5.87. The van der Waals surface area contributed by atoms with E-state index in [1.54, 1.807) is 30.3 Å². The zero-order valence-electron chi connectivity index (χ0n) is 13.4. The molecule has 0 radical (unpaired) electrons. The smallest absolute Gasteiger partial charge is 0.293 e. The molecule has 138 valence electrons. The predicted molar refractivity (Wildman–Crippen MR) is 112 cm³/mol. The summed E-state index contributed by atoms with van der Waals surface area (Å²) in [6, 6.07) is 12.4. The van der Waals surface area contributed by atoms with Crippen molar-refractivity contribution in [1.82, 2.24) is 5.32 Å². The Bertz CT molecular complexity index is 1040. The van der Waals surface area contributed by atoms with Crippen LogP contribution in [0.3, 0.4) is 0 Å². The van der Waals surface area contributed by atoms with E-state index in [0.717, 1.165) is 0 Å². The van der Waals surface area contributed by atoms with Crippen LogP contribution in [0.5, 0.6) is 0 Å². The van der Waals surface area contributed by atoms with Crippen LogP contribution in [0.2, 0.25) is 10.0 Å². The number of carbonyl (C=O) groups is 1. The van der Waals surface area contributed by atoms with Gasteiger partial charge in [-0.05, 0) is 60.7 Å². The molecule has 1 heterocycles. The molecule has 0 fully saturated rings. The van der Waals surface area contributed by atoms with Crippen molar-refractivity contribution in [3.05, 3.63) is 74.6 Å². The lowest BCUT2D eigenvalue weighted by Crippen LogP contribution is -2.34. The summed E-state index contributed by atoms with van der Waals surface area (Å²) in [5.74, 6) is -0.670. The first-order valence-corrected chi connectivity index (χ1v) is 9.42. The van der Waals surface area contributed by atoms with Crippen molar-refractivity contribution in [3.63, 3.8) is 0 Å². The molecule has 2 N–H and O–H groups in total. The summed E-state index contributed by atoms with van der Waals surface area (Å²) in [5.41, 5.74) is 0.731. The lowest BCUT2D eigenvalue weighted by Gasteiger charge is -2.09. The molecule has 4 nitrogen and oxygen atoms in total. The maximum atomic E-state index is 13.8. The molecule has 9 heteroatoms. The van der Waals surface area contributed by atoms with Crippen molar-refractivity contribution in [2.24, 2.45) is 0 Å². The van der Waals surface area contributed by atoms with Crippen LogP contribution in [-0.4, -0.2) is 11.0 Å². The molecule has 0 bridgehead atoms. The van der Waals surface area contributed by atoms with Crippen LogP contribution >= 0.6 is 51.3 Å². The standard InChI is InChI=1S/C18H10BrCl2FN2O2S/c19-9-1-4-14(13(22)7-9)23-18(27)24-17(25)16-6-5-15(26-16)11-3-2-10(20)8-12(11)21/h1-8H,(H2,23,24,25,27). The number of hydrogen-bond donors (Lipinski definition) is 2. The van der Waals surface area contributed by atoms with Gasteiger partial charge in [0.1, 0.15) is 11.6 Å². The molecule has 0 atom stereocenters. The number of anilines is 1. The molecule has 1 aromatic heterocycles. The molecular formula is C18H10BrCl2FN2O2S. The van der Waals surface area contributed by atoms with Gasteiger partial charge in [-0.2, -0.15) is 0 Å². The molecule has 0 aliphatic heterocycles. The minimum atomic E-state index is -0.582. The van der Waals surface area contributed by atoms with Crippen LogP contribution in [0.1, 0.15) is 10.6 Å². The van der Waals surface area contributed by atoms with E-state index in [9.17, 15) is 9.18 Å². The summed E-state index contributed by atoms with van der Waals surface area (Å²) < 4.78 is 19.9. The van der Waals surface area contributed by atoms with E-state index in [1.807, 2.05) is 0 Å². The first kappa shape index (κ1) is 19.8. The Morgan fingerprint density at radius 2 is 1.89 bits per heavy atom. The molecule has 0 saturated heterocycles. The Morgan fingerprint density at radius 3 is 2.59 bits per heavy atom. The van der Waals surface area contributed by atoms with Gasteiger partial charge in [-0.3, -0.25) is 10.1 Å². The lowest BCUT2D eigenvalue weighted by atomic mass is 10.2. The summed E-state index contributed by atoms with van der Waals surface area (Å²) in [4.78, 5) is 12.3. The molecule has 0 aliphatic carbocycles. The molecular weight excluding hydrogens is 478 g/mol. The summed E-state index contributed by atoms with van der Waals surface area (Å²) in [6.45, 7) is 0. The fraction of sp³-hybridized carbons (Fsp3) is 0. The average molecular weight is 488 g/mol. The number of nitrogens with one attached hydrogen (secondary N) is 2. The van der Waals surface area contributed by atoms with Crippen LogP contribution in [0.4, 0.5) is 10.1 Å². The molecule has 0 aliphatic rings. The third kappa shape index (κ3) is 4.87. The van der Waals surface area contributed by atoms with Crippen LogP contribution in [-0.2, 0) is 0 Å². The topological polar surface area (TPSA) is 54.3 Å². The third-order valence-electron chi connectivity index (χ3n) is 3.43. The average Bonchev–Trinajstić information content (AvgIpc) is 3.07. The Labute approximate surface area is 177 Å². The van der Waals surface area contributed by atoms with Crippen molar-refractivity contribution in [1.29, 1.82) is 0 Å². The number of halogens is 4. The van der Waals surface area contributed by atoms with Crippen molar-refractivity contribution in [2.75, 3.05) is 5.32 Å². The highest BCUT2D eigenvalue weighted by molar-refractivity contribution is 9.10.